The molecule has 0 unspecified atom stereocenters. The molecule has 5 rings (SSSR count). The lowest BCUT2D eigenvalue weighted by molar-refractivity contribution is -0.295. The average molecular weight is 367 g/mol. The van der Waals surface area contributed by atoms with Crippen LogP contribution in [0.2, 0.25) is 5.15 Å². The Morgan fingerprint density at radius 1 is 1.42 bits per heavy atom. The van der Waals surface area contributed by atoms with Crippen LogP contribution in [0.15, 0.2) is 12.1 Å². The molecule has 2 amide bonds. The van der Waals surface area contributed by atoms with Gasteiger partial charge in [-0.2, -0.15) is 4.98 Å². The van der Waals surface area contributed by atoms with Crippen molar-refractivity contribution in [2.45, 2.75) is 19.8 Å². The number of nitrogens with one attached hydrogen (secondary N) is 2. The lowest BCUT2D eigenvalue weighted by Gasteiger charge is -2.51. The first kappa shape index (κ1) is 16.1. The number of carbonyl (C=O) groups excluding carboxylic acids is 1. The predicted octanol–water partition coefficient (Wildman–Crippen LogP) is 2.24. The van der Waals surface area contributed by atoms with Gasteiger partial charge in [0.2, 0.25) is 0 Å². The summed E-state index contributed by atoms with van der Waals surface area (Å²) >= 11 is 6.40. The first-order chi connectivity index (χ1) is 11.5. The Morgan fingerprint density at radius 2 is 2.21 bits per heavy atom. The van der Waals surface area contributed by atoms with Crippen molar-refractivity contribution in [1.29, 1.82) is 0 Å². The Bertz CT molecular complexity index is 773. The minimum Gasteiger partial charge on any atom is -0.337 e. The van der Waals surface area contributed by atoms with E-state index < -0.39 is 0 Å². The van der Waals surface area contributed by atoms with Crippen molar-refractivity contribution in [1.82, 2.24) is 20.2 Å². The maximum absolute atomic E-state index is 12.2. The maximum atomic E-state index is 12.2. The Labute approximate surface area is 149 Å². The van der Waals surface area contributed by atoms with E-state index in [1.165, 1.54) is 37.3 Å². The first-order valence-corrected chi connectivity index (χ1v) is 9.46. The summed E-state index contributed by atoms with van der Waals surface area (Å²) in [5.74, 6) is 0.708. The van der Waals surface area contributed by atoms with Crippen molar-refractivity contribution in [3.8, 4) is 0 Å². The van der Waals surface area contributed by atoms with E-state index in [2.05, 4.69) is 32.4 Å². The number of amides is 2. The molecular formula is C16H21ClN5OS+. The van der Waals surface area contributed by atoms with Crippen LogP contribution in [-0.4, -0.2) is 47.1 Å². The van der Waals surface area contributed by atoms with Crippen LogP contribution in [0.1, 0.15) is 19.8 Å². The maximum Gasteiger partial charge on any atom is 0.321 e. The van der Waals surface area contributed by atoms with Crippen molar-refractivity contribution in [2.75, 3.05) is 31.5 Å². The van der Waals surface area contributed by atoms with Gasteiger partial charge in [-0.15, -0.1) is 0 Å². The fourth-order valence-corrected chi connectivity index (χ4v) is 4.96. The van der Waals surface area contributed by atoms with E-state index >= 15 is 0 Å². The highest BCUT2D eigenvalue weighted by atomic mass is 35.5. The molecule has 0 aromatic carbocycles. The number of thiazole rings is 1. The highest BCUT2D eigenvalue weighted by molar-refractivity contribution is 7.21. The van der Waals surface area contributed by atoms with E-state index in [4.69, 9.17) is 11.6 Å². The minimum absolute atomic E-state index is 0.167. The van der Waals surface area contributed by atoms with Gasteiger partial charge < -0.3 is 10.2 Å². The normalized spacial score (nSPS) is 28.9. The lowest BCUT2D eigenvalue weighted by atomic mass is 9.68. The monoisotopic (exact) mass is 366 g/mol. The fraction of sp³-hybridized carbons (Fsp3) is 0.562. The third-order valence-corrected chi connectivity index (χ3v) is 6.37. The molecule has 3 aliphatic rings. The van der Waals surface area contributed by atoms with Gasteiger partial charge >= 0.3 is 11.2 Å². The van der Waals surface area contributed by atoms with Crippen LogP contribution >= 0.6 is 11.3 Å². The highest BCUT2D eigenvalue weighted by Crippen LogP contribution is 2.41. The zero-order chi connectivity index (χ0) is 16.7. The van der Waals surface area contributed by atoms with E-state index in [0.29, 0.717) is 22.7 Å². The summed E-state index contributed by atoms with van der Waals surface area (Å²) in [4.78, 5) is 24.1. The largest absolute Gasteiger partial charge is 0.337 e. The number of carbonyl (C=O) groups is 1. The van der Waals surface area contributed by atoms with Crippen molar-refractivity contribution in [3.63, 3.8) is 0 Å². The molecule has 2 bridgehead atoms. The third-order valence-electron chi connectivity index (χ3n) is 5.26. The molecule has 8 heteroatoms. The molecule has 0 spiro atoms. The SMILES string of the molecule is C[C@@]1(CNC(=O)Nc2nc3ccc([ClH+])nc3s2)CN2CCC1CC2. The van der Waals surface area contributed by atoms with Gasteiger partial charge in [-0.25, -0.2) is 9.78 Å². The summed E-state index contributed by atoms with van der Waals surface area (Å²) in [7, 11) is 0. The molecule has 3 aliphatic heterocycles. The van der Waals surface area contributed by atoms with Gasteiger partial charge in [-0.3, -0.25) is 5.32 Å². The molecule has 24 heavy (non-hydrogen) atoms. The number of halogens is 1. The van der Waals surface area contributed by atoms with E-state index in [0.717, 1.165) is 16.9 Å². The molecule has 0 aliphatic carbocycles. The van der Waals surface area contributed by atoms with Crippen LogP contribution in [0.4, 0.5) is 9.93 Å². The average Bonchev–Trinajstić information content (AvgIpc) is 2.95. The molecule has 3 saturated heterocycles. The van der Waals surface area contributed by atoms with Gasteiger partial charge in [0.15, 0.2) is 21.6 Å². The second-order valence-corrected chi connectivity index (χ2v) is 8.40. The molecule has 128 valence electrons. The summed E-state index contributed by atoms with van der Waals surface area (Å²) in [5, 5.41) is 6.94. The Morgan fingerprint density at radius 3 is 2.92 bits per heavy atom. The molecule has 2 N–H and O–H groups in total. The number of rotatable bonds is 3. The molecule has 6 nitrogen and oxygen atoms in total. The van der Waals surface area contributed by atoms with Crippen LogP contribution in [-0.2, 0) is 0 Å². The molecule has 1 atom stereocenters. The van der Waals surface area contributed by atoms with E-state index in [1.54, 1.807) is 6.07 Å². The van der Waals surface area contributed by atoms with Crippen LogP contribution in [0.3, 0.4) is 0 Å². The predicted molar refractivity (Wildman–Crippen MR) is 92.3 cm³/mol. The van der Waals surface area contributed by atoms with E-state index in [1.807, 2.05) is 6.07 Å². The Balaban J connectivity index is 1.37. The quantitative estimate of drug-likeness (QED) is 0.817. The zero-order valence-corrected chi connectivity index (χ0v) is 15.2. The number of pyridine rings is 1. The van der Waals surface area contributed by atoms with Crippen molar-refractivity contribution in [2.24, 2.45) is 11.3 Å². The number of urea groups is 1. The molecule has 0 radical (unpaired) electrons. The summed E-state index contributed by atoms with van der Waals surface area (Å²) in [6.07, 6.45) is 2.49. The summed E-state index contributed by atoms with van der Waals surface area (Å²) < 4.78 is 0. The molecular weight excluding hydrogens is 346 g/mol. The number of nitrogens with zero attached hydrogens (tertiary/aromatic N) is 3. The molecule has 5 heterocycles. The second-order valence-electron chi connectivity index (χ2n) is 7.00. The fourth-order valence-electron chi connectivity index (χ4n) is 3.91. The number of hydrogen-bond donors (Lipinski definition) is 2. The van der Waals surface area contributed by atoms with Gasteiger partial charge in [0.1, 0.15) is 5.52 Å². The van der Waals surface area contributed by atoms with Gasteiger partial charge in [0, 0.05) is 24.6 Å². The molecule has 3 fully saturated rings. The van der Waals surface area contributed by atoms with Crippen molar-refractivity contribution < 1.29 is 16.4 Å². The van der Waals surface area contributed by atoms with Crippen molar-refractivity contribution in [3.05, 3.63) is 17.3 Å². The van der Waals surface area contributed by atoms with Crippen LogP contribution in [0.25, 0.3) is 10.3 Å². The Hall–Kier alpha value is -1.44. The van der Waals surface area contributed by atoms with E-state index in [-0.39, 0.29) is 11.4 Å². The summed E-state index contributed by atoms with van der Waals surface area (Å²) in [6, 6.07) is 3.37. The number of fused-ring (bicyclic) bond motifs is 4. The lowest BCUT2D eigenvalue weighted by Crippen LogP contribution is -2.57. The van der Waals surface area contributed by atoms with E-state index in [9.17, 15) is 4.79 Å². The number of aromatic nitrogens is 2. The van der Waals surface area contributed by atoms with Crippen LogP contribution in [0, 0.1) is 22.9 Å². The smallest absolute Gasteiger partial charge is 0.321 e. The standard InChI is InChI=1S/C16H20ClN5OS/c1-16(9-22-6-4-10(16)5-7-22)8-18-14(23)21-15-19-11-2-3-12(17)20-13(11)24-15/h2-3,10,17H,4-9H2,1H3,(H-,18,19,21,23)/p+1/t16-/m1/s1. The number of hydrogen-bond acceptors (Lipinski definition) is 5. The third kappa shape index (κ3) is 3.08. The van der Waals surface area contributed by atoms with Crippen LogP contribution in [0.5, 0.6) is 0 Å². The van der Waals surface area contributed by atoms with Gasteiger partial charge in [-0.05, 0) is 37.9 Å². The van der Waals surface area contributed by atoms with Gasteiger partial charge in [0.05, 0.1) is 0 Å². The summed E-state index contributed by atoms with van der Waals surface area (Å²) in [5.41, 5.74) is 0.925. The molecule has 0 saturated carbocycles. The second kappa shape index (κ2) is 6.13. The summed E-state index contributed by atoms with van der Waals surface area (Å²) in [6.45, 7) is 6.46. The topological polar surface area (TPSA) is 70.1 Å². The zero-order valence-electron chi connectivity index (χ0n) is 13.5. The van der Waals surface area contributed by atoms with Gasteiger partial charge in [-0.1, -0.05) is 18.3 Å². The minimum atomic E-state index is -0.203. The molecule has 2 aromatic heterocycles. The number of anilines is 1. The Kier molecular flexibility index (Phi) is 4.10. The molecule has 2 aromatic rings. The highest BCUT2D eigenvalue weighted by Gasteiger charge is 2.43. The van der Waals surface area contributed by atoms with Crippen LogP contribution < -0.4 is 10.6 Å². The van der Waals surface area contributed by atoms with Gasteiger partial charge in [0.25, 0.3) is 0 Å². The first-order valence-electron chi connectivity index (χ1n) is 8.24. The number of piperidine rings is 3. The van der Waals surface area contributed by atoms with Crippen molar-refractivity contribution >= 4 is 32.8 Å².